The van der Waals surface area contributed by atoms with Gasteiger partial charge in [-0.25, -0.2) is 0 Å². The summed E-state index contributed by atoms with van der Waals surface area (Å²) in [4.78, 5) is 11.8. The van der Waals surface area contributed by atoms with Gasteiger partial charge in [0.1, 0.15) is 5.75 Å². The maximum Gasteiger partial charge on any atom is 0.234 e. The molecule has 0 aromatic heterocycles. The summed E-state index contributed by atoms with van der Waals surface area (Å²) in [6.45, 7) is 5.99. The second-order valence-electron chi connectivity index (χ2n) is 4.65. The molecule has 0 aliphatic carbocycles. The van der Waals surface area contributed by atoms with Crippen LogP contribution in [0.4, 0.5) is 0 Å². The van der Waals surface area contributed by atoms with E-state index in [4.69, 9.17) is 4.74 Å². The Morgan fingerprint density at radius 3 is 2.22 bits per heavy atom. The first-order valence-electron chi connectivity index (χ1n) is 6.04. The number of halogens is 1. The van der Waals surface area contributed by atoms with E-state index >= 15 is 0 Å². The zero-order chi connectivity index (χ0) is 13.7. The number of amides is 1. The van der Waals surface area contributed by atoms with Crippen LogP contribution >= 0.6 is 15.9 Å². The lowest BCUT2D eigenvalue weighted by Crippen LogP contribution is -2.35. The lowest BCUT2D eigenvalue weighted by Gasteiger charge is -2.19. The number of benzene rings is 1. The van der Waals surface area contributed by atoms with Crippen LogP contribution in [0.15, 0.2) is 24.3 Å². The fourth-order valence-corrected chi connectivity index (χ4v) is 1.70. The Hall–Kier alpha value is -1.03. The molecule has 0 saturated heterocycles. The topological polar surface area (TPSA) is 38.3 Å². The van der Waals surface area contributed by atoms with Crippen LogP contribution in [-0.2, 0) is 4.79 Å². The highest BCUT2D eigenvalue weighted by atomic mass is 79.9. The van der Waals surface area contributed by atoms with Crippen molar-refractivity contribution in [2.24, 2.45) is 5.92 Å². The summed E-state index contributed by atoms with van der Waals surface area (Å²) in [5.41, 5.74) is 1.06. The van der Waals surface area contributed by atoms with E-state index in [-0.39, 0.29) is 22.7 Å². The Labute approximate surface area is 117 Å². The summed E-state index contributed by atoms with van der Waals surface area (Å²) in [7, 11) is 1.64. The number of rotatable bonds is 5. The molecular weight excluding hydrogens is 294 g/mol. The van der Waals surface area contributed by atoms with Crippen molar-refractivity contribution in [1.29, 1.82) is 0 Å². The molecule has 0 unspecified atom stereocenters. The van der Waals surface area contributed by atoms with Crippen LogP contribution in [0.2, 0.25) is 0 Å². The van der Waals surface area contributed by atoms with Crippen LogP contribution in [0.25, 0.3) is 0 Å². The Kier molecular flexibility index (Phi) is 5.66. The minimum Gasteiger partial charge on any atom is -0.497 e. The molecule has 1 rings (SSSR count). The molecule has 1 aromatic rings. The van der Waals surface area contributed by atoms with Crippen molar-refractivity contribution in [2.45, 2.75) is 31.6 Å². The third-order valence-electron chi connectivity index (χ3n) is 2.81. The molecule has 2 atom stereocenters. The predicted octanol–water partition coefficient (Wildman–Crippen LogP) is 3.29. The third-order valence-corrected chi connectivity index (χ3v) is 4.28. The zero-order valence-electron chi connectivity index (χ0n) is 11.2. The van der Waals surface area contributed by atoms with Crippen LogP contribution in [0.5, 0.6) is 5.75 Å². The summed E-state index contributed by atoms with van der Waals surface area (Å²) in [6.07, 6.45) is 0. The Bertz CT molecular complexity index is 389. The first-order valence-corrected chi connectivity index (χ1v) is 6.95. The molecule has 1 aromatic carbocycles. The van der Waals surface area contributed by atoms with Crippen LogP contribution in [0.3, 0.4) is 0 Å². The molecule has 1 amide bonds. The summed E-state index contributed by atoms with van der Waals surface area (Å²) in [5, 5.41) is 2.99. The van der Waals surface area contributed by atoms with Crippen LogP contribution < -0.4 is 10.1 Å². The summed E-state index contributed by atoms with van der Waals surface area (Å²) < 4.78 is 5.10. The van der Waals surface area contributed by atoms with Crippen molar-refractivity contribution in [1.82, 2.24) is 5.32 Å². The number of hydrogen-bond acceptors (Lipinski definition) is 2. The average Bonchev–Trinajstić information content (AvgIpc) is 2.37. The van der Waals surface area contributed by atoms with Crippen molar-refractivity contribution in [3.63, 3.8) is 0 Å². The molecule has 100 valence electrons. The van der Waals surface area contributed by atoms with Gasteiger partial charge >= 0.3 is 0 Å². The second-order valence-corrected chi connectivity index (χ2v) is 5.64. The minimum absolute atomic E-state index is 0.0118. The van der Waals surface area contributed by atoms with E-state index in [9.17, 15) is 4.79 Å². The van der Waals surface area contributed by atoms with Gasteiger partial charge in [-0.3, -0.25) is 4.79 Å². The van der Waals surface area contributed by atoms with E-state index in [0.29, 0.717) is 0 Å². The van der Waals surface area contributed by atoms with Gasteiger partial charge in [0, 0.05) is 0 Å². The fourth-order valence-electron chi connectivity index (χ4n) is 1.57. The number of carbonyl (C=O) groups excluding carboxylic acids is 1. The van der Waals surface area contributed by atoms with Crippen LogP contribution in [-0.4, -0.2) is 17.8 Å². The van der Waals surface area contributed by atoms with Crippen molar-refractivity contribution in [2.75, 3.05) is 7.11 Å². The molecule has 0 spiro atoms. The second kappa shape index (κ2) is 6.78. The fraction of sp³-hybridized carbons (Fsp3) is 0.500. The average molecular weight is 314 g/mol. The number of alkyl halides is 1. The van der Waals surface area contributed by atoms with E-state index in [1.54, 1.807) is 7.11 Å². The quantitative estimate of drug-likeness (QED) is 0.847. The van der Waals surface area contributed by atoms with Gasteiger partial charge < -0.3 is 10.1 Å². The largest absolute Gasteiger partial charge is 0.497 e. The smallest absolute Gasteiger partial charge is 0.234 e. The van der Waals surface area contributed by atoms with Gasteiger partial charge in [-0.1, -0.05) is 41.9 Å². The van der Waals surface area contributed by atoms with Gasteiger partial charge in [0.25, 0.3) is 0 Å². The van der Waals surface area contributed by atoms with Gasteiger partial charge in [-0.15, -0.1) is 0 Å². The number of methoxy groups -OCH3 is 1. The molecule has 0 saturated carbocycles. The molecule has 0 bridgehead atoms. The van der Waals surface area contributed by atoms with Gasteiger partial charge in [-0.05, 0) is 30.5 Å². The lowest BCUT2D eigenvalue weighted by atomic mass is 10.1. The SMILES string of the molecule is COc1ccc([C@@H](C)NC(=O)[C@@H](Br)C(C)C)cc1. The minimum atomic E-state index is -0.154. The maximum atomic E-state index is 11.9. The number of ether oxygens (including phenoxy) is 1. The first-order chi connectivity index (χ1) is 8.45. The first kappa shape index (κ1) is 15.0. The van der Waals surface area contributed by atoms with E-state index < -0.39 is 0 Å². The molecule has 1 N–H and O–H groups in total. The molecule has 0 aliphatic heterocycles. The van der Waals surface area contributed by atoms with E-state index in [0.717, 1.165) is 11.3 Å². The molecule has 0 heterocycles. The molecule has 0 aliphatic rings. The van der Waals surface area contributed by atoms with Gasteiger partial charge in [0.2, 0.25) is 5.91 Å². The summed E-state index contributed by atoms with van der Waals surface area (Å²) in [6, 6.07) is 7.70. The molecule has 0 radical (unpaired) electrons. The van der Waals surface area contributed by atoms with E-state index in [1.807, 2.05) is 45.0 Å². The highest BCUT2D eigenvalue weighted by Crippen LogP contribution is 2.19. The standard InChI is InChI=1S/C14H20BrNO2/c1-9(2)13(15)14(17)16-10(3)11-5-7-12(18-4)8-6-11/h5-10,13H,1-4H3,(H,16,17)/t10-,13+/m1/s1. The van der Waals surface area contributed by atoms with E-state index in [1.165, 1.54) is 0 Å². The highest BCUT2D eigenvalue weighted by Gasteiger charge is 2.20. The van der Waals surface area contributed by atoms with Crippen molar-refractivity contribution < 1.29 is 9.53 Å². The molecule has 3 nitrogen and oxygen atoms in total. The van der Waals surface area contributed by atoms with Crippen molar-refractivity contribution in [3.8, 4) is 5.75 Å². The maximum absolute atomic E-state index is 11.9. The van der Waals surface area contributed by atoms with E-state index in [2.05, 4.69) is 21.2 Å². The Morgan fingerprint density at radius 1 is 1.22 bits per heavy atom. The molecule has 18 heavy (non-hydrogen) atoms. The van der Waals surface area contributed by atoms with Crippen molar-refractivity contribution >= 4 is 21.8 Å². The normalized spacial score (nSPS) is 14.1. The van der Waals surface area contributed by atoms with Gasteiger partial charge in [-0.2, -0.15) is 0 Å². The monoisotopic (exact) mass is 313 g/mol. The number of hydrogen-bond donors (Lipinski definition) is 1. The molecule has 4 heteroatoms. The number of carbonyl (C=O) groups is 1. The predicted molar refractivity (Wildman–Crippen MR) is 77.1 cm³/mol. The third kappa shape index (κ3) is 4.02. The van der Waals surface area contributed by atoms with Crippen molar-refractivity contribution in [3.05, 3.63) is 29.8 Å². The van der Waals surface area contributed by atoms with Gasteiger partial charge in [0.15, 0.2) is 0 Å². The molecule has 0 fully saturated rings. The summed E-state index contributed by atoms with van der Waals surface area (Å²) in [5.74, 6) is 1.11. The molecular formula is C14H20BrNO2. The Morgan fingerprint density at radius 2 is 1.78 bits per heavy atom. The van der Waals surface area contributed by atoms with Crippen LogP contribution in [0, 0.1) is 5.92 Å². The lowest BCUT2D eigenvalue weighted by molar-refractivity contribution is -0.121. The summed E-state index contributed by atoms with van der Waals surface area (Å²) >= 11 is 3.40. The van der Waals surface area contributed by atoms with Crippen LogP contribution in [0.1, 0.15) is 32.4 Å². The van der Waals surface area contributed by atoms with Gasteiger partial charge in [0.05, 0.1) is 18.0 Å². The Balaban J connectivity index is 2.64. The zero-order valence-corrected chi connectivity index (χ0v) is 12.8. The number of nitrogens with one attached hydrogen (secondary N) is 1. The highest BCUT2D eigenvalue weighted by molar-refractivity contribution is 9.10.